The molecule has 200 valence electrons. The fourth-order valence-electron chi connectivity index (χ4n) is 4.15. The highest BCUT2D eigenvalue weighted by molar-refractivity contribution is 5.68. The minimum atomic E-state index is -1.25. The monoisotopic (exact) mass is 516 g/mol. The maximum atomic E-state index is 12.0. The summed E-state index contributed by atoms with van der Waals surface area (Å²) in [5.74, 6) is -2.63. The van der Waals surface area contributed by atoms with Crippen molar-refractivity contribution in [1.82, 2.24) is 9.78 Å². The number of benzene rings is 1. The minimum absolute atomic E-state index is 0.299. The fourth-order valence-corrected chi connectivity index (χ4v) is 4.15. The molecule has 0 N–H and O–H groups in total. The Bertz CT molecular complexity index is 1110. The average Bonchev–Trinajstić information content (AvgIpc) is 3.28. The van der Waals surface area contributed by atoms with Gasteiger partial charge in [-0.05, 0) is 23.1 Å². The summed E-state index contributed by atoms with van der Waals surface area (Å²) in [7, 11) is 0. The van der Waals surface area contributed by atoms with Crippen molar-refractivity contribution in [2.45, 2.75) is 78.1 Å². The van der Waals surface area contributed by atoms with Crippen molar-refractivity contribution >= 4 is 23.9 Å². The maximum absolute atomic E-state index is 12.0. The highest BCUT2D eigenvalue weighted by Crippen LogP contribution is 2.34. The zero-order valence-corrected chi connectivity index (χ0v) is 21.5. The van der Waals surface area contributed by atoms with Gasteiger partial charge in [-0.25, -0.2) is 4.68 Å². The zero-order chi connectivity index (χ0) is 27.1. The van der Waals surface area contributed by atoms with Crippen molar-refractivity contribution in [3.8, 4) is 0 Å². The molecule has 1 saturated heterocycles. The quantitative estimate of drug-likeness (QED) is 0.361. The van der Waals surface area contributed by atoms with Gasteiger partial charge in [0, 0.05) is 40.3 Å². The lowest BCUT2D eigenvalue weighted by molar-refractivity contribution is -0.270. The van der Waals surface area contributed by atoms with Crippen LogP contribution in [0.5, 0.6) is 0 Å². The molecule has 0 radical (unpaired) electrons. The molecule has 3 rings (SSSR count). The second-order valence-electron chi connectivity index (χ2n) is 8.77. The Morgan fingerprint density at radius 1 is 0.811 bits per heavy atom. The number of carbonyl (C=O) groups is 4. The van der Waals surface area contributed by atoms with E-state index in [0.717, 1.165) is 17.5 Å². The van der Waals surface area contributed by atoms with E-state index in [4.69, 9.17) is 23.7 Å². The molecule has 1 aromatic carbocycles. The van der Waals surface area contributed by atoms with Crippen molar-refractivity contribution in [2.24, 2.45) is 0 Å². The topological polar surface area (TPSA) is 132 Å². The summed E-state index contributed by atoms with van der Waals surface area (Å²) < 4.78 is 29.1. The van der Waals surface area contributed by atoms with E-state index in [2.05, 4.69) is 24.2 Å². The smallest absolute Gasteiger partial charge is 0.303 e. The first-order valence-electron chi connectivity index (χ1n) is 12.0. The predicted molar refractivity (Wildman–Crippen MR) is 128 cm³/mol. The first-order chi connectivity index (χ1) is 17.6. The van der Waals surface area contributed by atoms with E-state index in [1.54, 1.807) is 12.4 Å². The lowest BCUT2D eigenvalue weighted by Gasteiger charge is -2.44. The van der Waals surface area contributed by atoms with E-state index in [9.17, 15) is 19.2 Å². The lowest BCUT2D eigenvalue weighted by atomic mass is 9.97. The molecule has 5 atom stereocenters. The van der Waals surface area contributed by atoms with Crippen molar-refractivity contribution in [3.63, 3.8) is 0 Å². The number of nitrogens with zero attached hydrogens (tertiary/aromatic N) is 2. The van der Waals surface area contributed by atoms with E-state index in [-0.39, 0.29) is 6.61 Å². The predicted octanol–water partition coefficient (Wildman–Crippen LogP) is 2.29. The summed E-state index contributed by atoms with van der Waals surface area (Å²) in [5.41, 5.74) is 3.17. The van der Waals surface area contributed by atoms with E-state index >= 15 is 0 Å². The van der Waals surface area contributed by atoms with Crippen molar-refractivity contribution in [1.29, 1.82) is 0 Å². The van der Waals surface area contributed by atoms with Crippen LogP contribution in [-0.4, -0.2) is 64.7 Å². The molecule has 0 saturated carbocycles. The van der Waals surface area contributed by atoms with Crippen LogP contribution in [0.2, 0.25) is 0 Å². The largest absolute Gasteiger partial charge is 0.463 e. The van der Waals surface area contributed by atoms with Crippen LogP contribution in [0.3, 0.4) is 0 Å². The maximum Gasteiger partial charge on any atom is 0.303 e. The molecular weight excluding hydrogens is 484 g/mol. The molecule has 1 fully saturated rings. The van der Waals surface area contributed by atoms with Gasteiger partial charge in [0.15, 0.2) is 24.5 Å². The van der Waals surface area contributed by atoms with E-state index < -0.39 is 54.5 Å². The van der Waals surface area contributed by atoms with Crippen LogP contribution >= 0.6 is 0 Å². The van der Waals surface area contributed by atoms with Gasteiger partial charge in [-0.2, -0.15) is 5.10 Å². The molecule has 2 heterocycles. The summed E-state index contributed by atoms with van der Waals surface area (Å²) >= 11 is 0. The number of aromatic nitrogens is 2. The molecule has 1 aliphatic heterocycles. The van der Waals surface area contributed by atoms with Crippen LogP contribution in [0.25, 0.3) is 0 Å². The molecule has 11 nitrogen and oxygen atoms in total. The van der Waals surface area contributed by atoms with Crippen LogP contribution in [-0.2, 0) is 55.7 Å². The summed E-state index contributed by atoms with van der Waals surface area (Å²) in [5, 5.41) is 4.40. The summed E-state index contributed by atoms with van der Waals surface area (Å²) in [6, 6.07) is 8.23. The van der Waals surface area contributed by atoms with Gasteiger partial charge in [-0.1, -0.05) is 31.2 Å². The number of hydrogen-bond acceptors (Lipinski definition) is 10. The molecule has 0 bridgehead atoms. The Labute approximate surface area is 215 Å². The molecule has 2 unspecified atom stereocenters. The first-order valence-corrected chi connectivity index (χ1v) is 12.0. The Balaban J connectivity index is 1.96. The number of rotatable bonds is 9. The van der Waals surface area contributed by atoms with Gasteiger partial charge < -0.3 is 23.7 Å². The number of hydrogen-bond donors (Lipinski definition) is 0. The van der Waals surface area contributed by atoms with Gasteiger partial charge in [0.05, 0.1) is 6.20 Å². The molecule has 0 amide bonds. The third-order valence-corrected chi connectivity index (χ3v) is 5.72. The number of aryl methyl sites for hydroxylation is 1. The van der Waals surface area contributed by atoms with Gasteiger partial charge in [0.1, 0.15) is 12.7 Å². The molecule has 37 heavy (non-hydrogen) atoms. The Morgan fingerprint density at radius 2 is 1.38 bits per heavy atom. The van der Waals surface area contributed by atoms with Gasteiger partial charge in [0.25, 0.3) is 0 Å². The summed E-state index contributed by atoms with van der Waals surface area (Å²) in [4.78, 5) is 47.4. The van der Waals surface area contributed by atoms with Crippen molar-refractivity contribution in [2.75, 3.05) is 6.61 Å². The minimum Gasteiger partial charge on any atom is -0.463 e. The van der Waals surface area contributed by atoms with Gasteiger partial charge in [-0.3, -0.25) is 19.2 Å². The average molecular weight is 517 g/mol. The number of carbonyl (C=O) groups excluding carboxylic acids is 4. The standard InChI is InChI=1S/C26H32N2O9/c1-6-19-7-9-20(10-8-19)11-21-12-27-28(13-21)26-25(36-18(5)32)24(35-17(4)31)23(34-16(3)30)22(37-26)14-33-15(2)29/h7-10,12-13,22-26H,6,11,14H2,1-5H3/t22-,23+,24?,25+,26?/m0/s1. The molecule has 2 aromatic rings. The Kier molecular flexibility index (Phi) is 9.40. The van der Waals surface area contributed by atoms with Gasteiger partial charge in [0.2, 0.25) is 0 Å². The third kappa shape index (κ3) is 7.63. The third-order valence-electron chi connectivity index (χ3n) is 5.72. The number of ether oxygens (including phenoxy) is 5. The highest BCUT2D eigenvalue weighted by Gasteiger charge is 2.53. The fraction of sp³-hybridized carbons (Fsp3) is 0.500. The molecule has 11 heteroatoms. The Hall–Kier alpha value is -3.73. The van der Waals surface area contributed by atoms with Crippen LogP contribution in [0.15, 0.2) is 36.7 Å². The van der Waals surface area contributed by atoms with Gasteiger partial charge in [-0.15, -0.1) is 0 Å². The molecule has 0 aliphatic carbocycles. The summed E-state index contributed by atoms with van der Waals surface area (Å²) in [6.07, 6.45) is -0.865. The first kappa shape index (κ1) is 27.9. The van der Waals surface area contributed by atoms with Crippen LogP contribution < -0.4 is 0 Å². The lowest BCUT2D eigenvalue weighted by Crippen LogP contribution is -2.60. The van der Waals surface area contributed by atoms with E-state index in [1.807, 2.05) is 12.1 Å². The van der Waals surface area contributed by atoms with Crippen LogP contribution in [0.1, 0.15) is 57.5 Å². The van der Waals surface area contributed by atoms with E-state index in [1.165, 1.54) is 37.9 Å². The highest BCUT2D eigenvalue weighted by atomic mass is 16.7. The van der Waals surface area contributed by atoms with Gasteiger partial charge >= 0.3 is 23.9 Å². The molecule has 1 aliphatic rings. The molecular formula is C26H32N2O9. The SMILES string of the molecule is CCc1ccc(Cc2cnn(C3O[C@@H](COC(C)=O)[C@@H](OC(C)=O)C(OC(C)=O)[C@H]3OC(C)=O)c2)cc1. The van der Waals surface area contributed by atoms with E-state index in [0.29, 0.717) is 6.42 Å². The normalized spacial score (nSPS) is 23.1. The van der Waals surface area contributed by atoms with Crippen molar-refractivity contribution in [3.05, 3.63) is 53.3 Å². The van der Waals surface area contributed by atoms with Crippen LogP contribution in [0, 0.1) is 0 Å². The molecule has 0 spiro atoms. The Morgan fingerprint density at radius 3 is 1.95 bits per heavy atom. The number of esters is 4. The second kappa shape index (κ2) is 12.5. The molecule has 1 aromatic heterocycles. The van der Waals surface area contributed by atoms with Crippen molar-refractivity contribution < 1.29 is 42.9 Å². The summed E-state index contributed by atoms with van der Waals surface area (Å²) in [6.45, 7) is 6.56. The second-order valence-corrected chi connectivity index (χ2v) is 8.77. The van der Waals surface area contributed by atoms with Crippen LogP contribution in [0.4, 0.5) is 0 Å². The zero-order valence-electron chi connectivity index (χ0n) is 21.5.